The molecule has 0 heterocycles. The van der Waals surface area contributed by atoms with E-state index < -0.39 is 0 Å². The summed E-state index contributed by atoms with van der Waals surface area (Å²) in [5, 5.41) is 0. The van der Waals surface area contributed by atoms with Crippen molar-refractivity contribution in [2.75, 3.05) is 0 Å². The van der Waals surface area contributed by atoms with E-state index in [-0.39, 0.29) is 0 Å². The van der Waals surface area contributed by atoms with E-state index in [9.17, 15) is 0 Å². The predicted octanol–water partition coefficient (Wildman–Crippen LogP) is 6.59. The second kappa shape index (κ2) is 9.97. The minimum atomic E-state index is 0.599. The van der Waals surface area contributed by atoms with E-state index in [1.54, 1.807) is 0 Å². The molecular formula is C17H36. The Balaban J connectivity index is 3.86. The summed E-state index contributed by atoms with van der Waals surface area (Å²) < 4.78 is 0. The van der Waals surface area contributed by atoms with E-state index >= 15 is 0 Å². The third-order valence-electron chi connectivity index (χ3n) is 4.60. The van der Waals surface area contributed by atoms with E-state index in [1.807, 2.05) is 0 Å². The van der Waals surface area contributed by atoms with Crippen molar-refractivity contribution in [2.24, 2.45) is 11.3 Å². The molecule has 0 aliphatic heterocycles. The van der Waals surface area contributed by atoms with Gasteiger partial charge < -0.3 is 0 Å². The zero-order valence-corrected chi connectivity index (χ0v) is 13.1. The molecule has 0 aromatic carbocycles. The van der Waals surface area contributed by atoms with Crippen LogP contribution >= 0.6 is 0 Å². The molecule has 0 spiro atoms. The van der Waals surface area contributed by atoms with Gasteiger partial charge in [0.2, 0.25) is 0 Å². The van der Waals surface area contributed by atoms with Crippen molar-refractivity contribution in [2.45, 2.75) is 98.8 Å². The zero-order chi connectivity index (χ0) is 13.1. The summed E-state index contributed by atoms with van der Waals surface area (Å²) in [4.78, 5) is 0. The van der Waals surface area contributed by atoms with Gasteiger partial charge in [-0.15, -0.1) is 0 Å². The van der Waals surface area contributed by atoms with Gasteiger partial charge in [-0.05, 0) is 24.2 Å². The van der Waals surface area contributed by atoms with Crippen molar-refractivity contribution in [1.29, 1.82) is 0 Å². The topological polar surface area (TPSA) is 0 Å². The lowest BCUT2D eigenvalue weighted by atomic mass is 9.71. The van der Waals surface area contributed by atoms with Crippen LogP contribution in [0.5, 0.6) is 0 Å². The van der Waals surface area contributed by atoms with Crippen LogP contribution in [0.1, 0.15) is 98.8 Å². The molecule has 17 heavy (non-hydrogen) atoms. The molecule has 104 valence electrons. The number of rotatable bonds is 11. The molecule has 0 aromatic rings. The Morgan fingerprint density at radius 1 is 0.706 bits per heavy atom. The Morgan fingerprint density at radius 3 is 1.59 bits per heavy atom. The Hall–Kier alpha value is 0. The van der Waals surface area contributed by atoms with E-state index in [0.29, 0.717) is 5.41 Å². The normalized spacial score (nSPS) is 15.2. The Morgan fingerprint density at radius 2 is 1.12 bits per heavy atom. The van der Waals surface area contributed by atoms with Crippen LogP contribution in [0.15, 0.2) is 0 Å². The molecule has 0 heteroatoms. The molecule has 0 nitrogen and oxygen atoms in total. The van der Waals surface area contributed by atoms with Crippen molar-refractivity contribution < 1.29 is 0 Å². The molecule has 1 unspecified atom stereocenters. The fourth-order valence-corrected chi connectivity index (χ4v) is 2.61. The maximum absolute atomic E-state index is 2.52. The molecule has 0 aliphatic rings. The maximum atomic E-state index is 2.52. The van der Waals surface area contributed by atoms with Crippen molar-refractivity contribution >= 4 is 0 Å². The van der Waals surface area contributed by atoms with Gasteiger partial charge in [-0.2, -0.15) is 0 Å². The van der Waals surface area contributed by atoms with Crippen LogP contribution in [0, 0.1) is 11.3 Å². The molecule has 0 N–H and O–H groups in total. The summed E-state index contributed by atoms with van der Waals surface area (Å²) in [6.45, 7) is 11.9. The van der Waals surface area contributed by atoms with Gasteiger partial charge in [0.25, 0.3) is 0 Å². The smallest absolute Gasteiger partial charge is 0.0303 e. The number of hydrogen-bond acceptors (Lipinski definition) is 0. The third kappa shape index (κ3) is 7.84. The van der Waals surface area contributed by atoms with E-state index in [4.69, 9.17) is 0 Å². The Labute approximate surface area is 111 Å². The summed E-state index contributed by atoms with van der Waals surface area (Å²) >= 11 is 0. The Bertz CT molecular complexity index is 159. The van der Waals surface area contributed by atoms with Gasteiger partial charge in [0, 0.05) is 0 Å². The highest BCUT2D eigenvalue weighted by Gasteiger charge is 2.26. The average molecular weight is 240 g/mol. The molecule has 0 amide bonds. The van der Waals surface area contributed by atoms with Gasteiger partial charge in [0.1, 0.15) is 0 Å². The lowest BCUT2D eigenvalue weighted by Gasteiger charge is -2.34. The highest BCUT2D eigenvalue weighted by atomic mass is 14.3. The first-order valence-electron chi connectivity index (χ1n) is 8.06. The zero-order valence-electron chi connectivity index (χ0n) is 13.1. The standard InChI is InChI=1S/C17H36/c1-6-8-10-11-13-15-17(5,16(3)4)14-12-9-7-2/h16H,6-15H2,1-5H3. The van der Waals surface area contributed by atoms with Crippen LogP contribution in [0.25, 0.3) is 0 Å². The van der Waals surface area contributed by atoms with Crippen LogP contribution in [0.2, 0.25) is 0 Å². The van der Waals surface area contributed by atoms with Crippen molar-refractivity contribution in [3.8, 4) is 0 Å². The summed E-state index contributed by atoms with van der Waals surface area (Å²) in [6.07, 6.45) is 14.2. The molecule has 0 aliphatic carbocycles. The van der Waals surface area contributed by atoms with E-state index in [2.05, 4.69) is 34.6 Å². The Kier molecular flexibility index (Phi) is 9.97. The van der Waals surface area contributed by atoms with Crippen molar-refractivity contribution in [3.05, 3.63) is 0 Å². The molecule has 0 saturated carbocycles. The maximum Gasteiger partial charge on any atom is -0.0303 e. The lowest BCUT2D eigenvalue weighted by molar-refractivity contribution is 0.169. The first kappa shape index (κ1) is 17.0. The van der Waals surface area contributed by atoms with Gasteiger partial charge >= 0.3 is 0 Å². The minimum Gasteiger partial charge on any atom is -0.0654 e. The highest BCUT2D eigenvalue weighted by molar-refractivity contribution is 4.77. The largest absolute Gasteiger partial charge is 0.0654 e. The average Bonchev–Trinajstić information content (AvgIpc) is 2.29. The molecular weight excluding hydrogens is 204 g/mol. The molecule has 0 radical (unpaired) electrons. The number of unbranched alkanes of at least 4 members (excludes halogenated alkanes) is 6. The fourth-order valence-electron chi connectivity index (χ4n) is 2.61. The second-order valence-corrected chi connectivity index (χ2v) is 6.43. The first-order valence-corrected chi connectivity index (χ1v) is 8.06. The minimum absolute atomic E-state index is 0.599. The first-order chi connectivity index (χ1) is 8.06. The molecule has 0 fully saturated rings. The van der Waals surface area contributed by atoms with E-state index in [0.717, 1.165) is 5.92 Å². The highest BCUT2D eigenvalue weighted by Crippen LogP contribution is 2.38. The molecule has 0 saturated heterocycles. The second-order valence-electron chi connectivity index (χ2n) is 6.43. The fraction of sp³-hybridized carbons (Fsp3) is 1.00. The van der Waals surface area contributed by atoms with Gasteiger partial charge in [0.05, 0.1) is 0 Å². The molecule has 1 atom stereocenters. The van der Waals surface area contributed by atoms with Crippen LogP contribution in [0.4, 0.5) is 0 Å². The summed E-state index contributed by atoms with van der Waals surface area (Å²) in [6, 6.07) is 0. The molecule has 0 rings (SSSR count). The monoisotopic (exact) mass is 240 g/mol. The van der Waals surface area contributed by atoms with Gasteiger partial charge in [-0.25, -0.2) is 0 Å². The van der Waals surface area contributed by atoms with Gasteiger partial charge in [-0.3, -0.25) is 0 Å². The van der Waals surface area contributed by atoms with Crippen LogP contribution < -0.4 is 0 Å². The molecule has 0 bridgehead atoms. The summed E-state index contributed by atoms with van der Waals surface area (Å²) in [5.74, 6) is 0.838. The van der Waals surface area contributed by atoms with Gasteiger partial charge in [-0.1, -0.05) is 86.0 Å². The van der Waals surface area contributed by atoms with Crippen LogP contribution in [0.3, 0.4) is 0 Å². The lowest BCUT2D eigenvalue weighted by Crippen LogP contribution is -2.23. The van der Waals surface area contributed by atoms with Crippen LogP contribution in [-0.4, -0.2) is 0 Å². The third-order valence-corrected chi connectivity index (χ3v) is 4.60. The van der Waals surface area contributed by atoms with Crippen LogP contribution in [-0.2, 0) is 0 Å². The SMILES string of the molecule is CCCCCCCC(C)(CCCCC)C(C)C. The summed E-state index contributed by atoms with van der Waals surface area (Å²) in [7, 11) is 0. The quantitative estimate of drug-likeness (QED) is 0.357. The molecule has 0 aromatic heterocycles. The van der Waals surface area contributed by atoms with Gasteiger partial charge in [0.15, 0.2) is 0 Å². The number of hydrogen-bond donors (Lipinski definition) is 0. The van der Waals surface area contributed by atoms with E-state index in [1.165, 1.54) is 64.2 Å². The van der Waals surface area contributed by atoms with Crippen molar-refractivity contribution in [3.63, 3.8) is 0 Å². The summed E-state index contributed by atoms with van der Waals surface area (Å²) in [5.41, 5.74) is 0.599. The van der Waals surface area contributed by atoms with Crippen molar-refractivity contribution in [1.82, 2.24) is 0 Å². The predicted molar refractivity (Wildman–Crippen MR) is 80.5 cm³/mol.